The summed E-state index contributed by atoms with van der Waals surface area (Å²) in [4.78, 5) is 4.68. The molecule has 0 saturated heterocycles. The van der Waals surface area contributed by atoms with Crippen molar-refractivity contribution >= 4 is 5.96 Å². The maximum atomic E-state index is 5.80. The molecule has 0 fully saturated rings. The number of rotatable bonds is 12. The fourth-order valence-electron chi connectivity index (χ4n) is 2.56. The zero-order chi connectivity index (χ0) is 19.2. The number of aryl methyl sites for hydroxylation is 1. The fourth-order valence-corrected chi connectivity index (χ4v) is 2.56. The van der Waals surface area contributed by atoms with Gasteiger partial charge in [0, 0.05) is 26.2 Å². The molecular formula is C20H32N6O. The molecule has 2 N–H and O–H groups in total. The second kappa shape index (κ2) is 12.9. The summed E-state index contributed by atoms with van der Waals surface area (Å²) in [6.45, 7) is 9.03. The van der Waals surface area contributed by atoms with Crippen LogP contribution in [0.4, 0.5) is 0 Å². The summed E-state index contributed by atoms with van der Waals surface area (Å²) in [6.07, 6.45) is 5.65. The minimum atomic E-state index is 0.373. The maximum Gasteiger partial charge on any atom is 0.191 e. The van der Waals surface area contributed by atoms with Crippen LogP contribution in [0.2, 0.25) is 0 Å². The van der Waals surface area contributed by atoms with Crippen LogP contribution in [0.15, 0.2) is 48.0 Å². The number of guanidine groups is 1. The van der Waals surface area contributed by atoms with E-state index in [0.29, 0.717) is 19.1 Å². The van der Waals surface area contributed by atoms with E-state index < -0.39 is 0 Å². The van der Waals surface area contributed by atoms with Crippen LogP contribution in [0, 0.1) is 5.92 Å². The number of benzene rings is 1. The molecule has 1 atom stereocenters. The van der Waals surface area contributed by atoms with E-state index in [0.717, 1.165) is 45.0 Å². The lowest BCUT2D eigenvalue weighted by Crippen LogP contribution is -2.38. The van der Waals surface area contributed by atoms with E-state index in [4.69, 9.17) is 4.74 Å². The first-order valence-electron chi connectivity index (χ1n) is 9.74. The Labute approximate surface area is 162 Å². The molecule has 0 amide bonds. The van der Waals surface area contributed by atoms with Crippen LogP contribution < -0.4 is 10.6 Å². The zero-order valence-corrected chi connectivity index (χ0v) is 16.5. The van der Waals surface area contributed by atoms with Crippen molar-refractivity contribution in [1.29, 1.82) is 0 Å². The number of nitrogens with one attached hydrogen (secondary N) is 2. The van der Waals surface area contributed by atoms with Gasteiger partial charge in [0.2, 0.25) is 0 Å². The highest BCUT2D eigenvalue weighted by Crippen LogP contribution is 2.03. The maximum absolute atomic E-state index is 5.80. The van der Waals surface area contributed by atoms with Crippen molar-refractivity contribution in [2.24, 2.45) is 10.9 Å². The van der Waals surface area contributed by atoms with E-state index in [1.165, 1.54) is 5.56 Å². The normalized spacial score (nSPS) is 12.7. The number of ether oxygens (including phenoxy) is 1. The lowest BCUT2D eigenvalue weighted by molar-refractivity contribution is 0.0945. The standard InChI is InChI=1S/C20H32N6O/c1-3-21-20(22-11-7-8-12-26-16-24-25-17-26)23-13-18(2)14-27-15-19-9-5-4-6-10-19/h4-6,9-10,16-18H,3,7-8,11-15H2,1-2H3,(H2,21,22,23). The Hall–Kier alpha value is -2.41. The molecule has 0 aliphatic heterocycles. The number of hydrogen-bond acceptors (Lipinski definition) is 4. The van der Waals surface area contributed by atoms with Crippen molar-refractivity contribution in [3.63, 3.8) is 0 Å². The third-order valence-electron chi connectivity index (χ3n) is 4.02. The molecule has 0 spiro atoms. The molecular weight excluding hydrogens is 340 g/mol. The molecule has 0 radical (unpaired) electrons. The third kappa shape index (κ3) is 9.19. The van der Waals surface area contributed by atoms with Gasteiger partial charge in [-0.05, 0) is 31.2 Å². The minimum absolute atomic E-state index is 0.373. The van der Waals surface area contributed by atoms with Gasteiger partial charge in [0.1, 0.15) is 12.7 Å². The molecule has 0 bridgehead atoms. The second-order valence-corrected chi connectivity index (χ2v) is 6.66. The van der Waals surface area contributed by atoms with Gasteiger partial charge < -0.3 is 19.9 Å². The first-order valence-corrected chi connectivity index (χ1v) is 9.74. The Kier molecular flexibility index (Phi) is 9.96. The highest BCUT2D eigenvalue weighted by atomic mass is 16.5. The molecule has 7 nitrogen and oxygen atoms in total. The number of aliphatic imine (C=N–C) groups is 1. The summed E-state index contributed by atoms with van der Waals surface area (Å²) in [6, 6.07) is 10.3. The number of aromatic nitrogens is 3. The molecule has 0 saturated carbocycles. The summed E-state index contributed by atoms with van der Waals surface area (Å²) in [5.74, 6) is 1.25. The summed E-state index contributed by atoms with van der Waals surface area (Å²) < 4.78 is 7.80. The van der Waals surface area contributed by atoms with E-state index in [1.54, 1.807) is 12.7 Å². The van der Waals surface area contributed by atoms with Crippen molar-refractivity contribution in [2.45, 2.75) is 39.8 Å². The third-order valence-corrected chi connectivity index (χ3v) is 4.02. The van der Waals surface area contributed by atoms with Crippen molar-refractivity contribution < 1.29 is 4.74 Å². The summed E-state index contributed by atoms with van der Waals surface area (Å²) in [5, 5.41) is 14.3. The van der Waals surface area contributed by atoms with Crippen LogP contribution in [-0.2, 0) is 17.9 Å². The molecule has 2 aromatic rings. The monoisotopic (exact) mass is 372 g/mol. The van der Waals surface area contributed by atoms with Crippen LogP contribution in [0.5, 0.6) is 0 Å². The van der Waals surface area contributed by atoms with E-state index >= 15 is 0 Å². The van der Waals surface area contributed by atoms with E-state index in [9.17, 15) is 0 Å². The van der Waals surface area contributed by atoms with Gasteiger partial charge >= 0.3 is 0 Å². The minimum Gasteiger partial charge on any atom is -0.376 e. The lowest BCUT2D eigenvalue weighted by atomic mass is 10.2. The fraction of sp³-hybridized carbons (Fsp3) is 0.550. The van der Waals surface area contributed by atoms with Crippen molar-refractivity contribution in [1.82, 2.24) is 25.4 Å². The first-order chi connectivity index (χ1) is 13.3. The average Bonchev–Trinajstić information content (AvgIpc) is 3.20. The molecule has 27 heavy (non-hydrogen) atoms. The highest BCUT2D eigenvalue weighted by molar-refractivity contribution is 5.79. The van der Waals surface area contributed by atoms with Crippen LogP contribution in [0.25, 0.3) is 0 Å². The van der Waals surface area contributed by atoms with Crippen molar-refractivity contribution in [3.8, 4) is 0 Å². The molecule has 1 heterocycles. The van der Waals surface area contributed by atoms with Gasteiger partial charge in [-0.1, -0.05) is 37.3 Å². The van der Waals surface area contributed by atoms with Gasteiger partial charge in [-0.25, -0.2) is 0 Å². The lowest BCUT2D eigenvalue weighted by Gasteiger charge is -2.14. The topological polar surface area (TPSA) is 76.4 Å². The van der Waals surface area contributed by atoms with Gasteiger partial charge in [-0.15, -0.1) is 10.2 Å². The van der Waals surface area contributed by atoms with E-state index in [-0.39, 0.29) is 0 Å². The summed E-state index contributed by atoms with van der Waals surface area (Å²) >= 11 is 0. The predicted octanol–water partition coefficient (Wildman–Crippen LogP) is 2.47. The number of hydrogen-bond donors (Lipinski definition) is 2. The predicted molar refractivity (Wildman–Crippen MR) is 108 cm³/mol. The molecule has 0 aliphatic rings. The summed E-state index contributed by atoms with van der Waals surface area (Å²) in [5.41, 5.74) is 1.20. The van der Waals surface area contributed by atoms with Crippen LogP contribution in [0.1, 0.15) is 32.3 Å². The Morgan fingerprint density at radius 3 is 2.67 bits per heavy atom. The number of nitrogens with zero attached hydrogens (tertiary/aromatic N) is 4. The molecule has 2 rings (SSSR count). The largest absolute Gasteiger partial charge is 0.376 e. The first kappa shape index (κ1) is 20.9. The van der Waals surface area contributed by atoms with Crippen LogP contribution in [0.3, 0.4) is 0 Å². The van der Waals surface area contributed by atoms with Crippen molar-refractivity contribution in [3.05, 3.63) is 48.5 Å². The Morgan fingerprint density at radius 1 is 1.15 bits per heavy atom. The quantitative estimate of drug-likeness (QED) is 0.340. The van der Waals surface area contributed by atoms with Gasteiger partial charge in [0.25, 0.3) is 0 Å². The molecule has 1 aromatic heterocycles. The van der Waals surface area contributed by atoms with E-state index in [1.807, 2.05) is 22.8 Å². The Bertz CT molecular complexity index is 629. The van der Waals surface area contributed by atoms with Crippen LogP contribution in [-0.4, -0.2) is 47.0 Å². The SMILES string of the molecule is CCNC(=NCC(C)COCc1ccccc1)NCCCCn1cnnc1. The zero-order valence-electron chi connectivity index (χ0n) is 16.5. The smallest absolute Gasteiger partial charge is 0.191 e. The molecule has 7 heteroatoms. The van der Waals surface area contributed by atoms with Gasteiger partial charge in [0.15, 0.2) is 5.96 Å². The van der Waals surface area contributed by atoms with Gasteiger partial charge in [0.05, 0.1) is 13.2 Å². The number of unbranched alkanes of at least 4 members (excludes halogenated alkanes) is 1. The molecule has 1 aromatic carbocycles. The van der Waals surface area contributed by atoms with E-state index in [2.05, 4.69) is 51.8 Å². The van der Waals surface area contributed by atoms with Crippen molar-refractivity contribution in [2.75, 3.05) is 26.2 Å². The van der Waals surface area contributed by atoms with Gasteiger partial charge in [-0.3, -0.25) is 4.99 Å². The average molecular weight is 373 g/mol. The molecule has 148 valence electrons. The van der Waals surface area contributed by atoms with Gasteiger partial charge in [-0.2, -0.15) is 0 Å². The highest BCUT2D eigenvalue weighted by Gasteiger charge is 2.04. The van der Waals surface area contributed by atoms with Crippen LogP contribution >= 0.6 is 0 Å². The summed E-state index contributed by atoms with van der Waals surface area (Å²) in [7, 11) is 0. The second-order valence-electron chi connectivity index (χ2n) is 6.66. The Balaban J connectivity index is 1.60. The molecule has 1 unspecified atom stereocenters. The Morgan fingerprint density at radius 2 is 1.93 bits per heavy atom. The molecule has 0 aliphatic carbocycles.